The topological polar surface area (TPSA) is 61.4 Å². The molecule has 0 bridgehead atoms. The Balaban J connectivity index is 1.73. The average molecular weight is 254 g/mol. The second-order valence-electron chi connectivity index (χ2n) is 5.93. The van der Waals surface area contributed by atoms with E-state index in [0.717, 1.165) is 38.6 Å². The van der Waals surface area contributed by atoms with E-state index in [1.807, 2.05) is 0 Å². The molecule has 4 heteroatoms. The summed E-state index contributed by atoms with van der Waals surface area (Å²) >= 11 is 0. The maximum absolute atomic E-state index is 12.1. The van der Waals surface area contributed by atoms with Crippen LogP contribution in [0.5, 0.6) is 0 Å². The highest BCUT2D eigenvalue weighted by Crippen LogP contribution is 2.24. The van der Waals surface area contributed by atoms with E-state index in [9.17, 15) is 9.90 Å². The van der Waals surface area contributed by atoms with Gasteiger partial charge >= 0.3 is 0 Å². The fourth-order valence-corrected chi connectivity index (χ4v) is 3.17. The number of nitrogens with one attached hydrogen (secondary N) is 2. The van der Waals surface area contributed by atoms with E-state index >= 15 is 0 Å². The Bertz CT molecular complexity index is 283. The molecule has 1 aliphatic heterocycles. The third-order valence-corrected chi connectivity index (χ3v) is 4.40. The van der Waals surface area contributed by atoms with Gasteiger partial charge in [-0.1, -0.05) is 12.8 Å². The number of carbonyl (C=O) groups is 1. The van der Waals surface area contributed by atoms with Gasteiger partial charge in [-0.05, 0) is 39.2 Å². The molecule has 0 aromatic carbocycles. The van der Waals surface area contributed by atoms with Crippen LogP contribution in [0.2, 0.25) is 0 Å². The van der Waals surface area contributed by atoms with Gasteiger partial charge in [-0.3, -0.25) is 4.79 Å². The zero-order valence-corrected chi connectivity index (χ0v) is 11.3. The van der Waals surface area contributed by atoms with E-state index in [1.165, 1.54) is 6.42 Å². The van der Waals surface area contributed by atoms with Crippen LogP contribution in [0.15, 0.2) is 0 Å². The number of rotatable bonds is 3. The van der Waals surface area contributed by atoms with Gasteiger partial charge in [0.25, 0.3) is 0 Å². The standard InChI is InChI=1S/C14H26N2O2/c1-10-8-11(6-7-15-10)14(18)16-9-12-4-2-3-5-13(12)17/h10-13,15,17H,2-9H2,1H3,(H,16,18). The summed E-state index contributed by atoms with van der Waals surface area (Å²) in [5, 5.41) is 16.3. The van der Waals surface area contributed by atoms with Crippen LogP contribution in [0.3, 0.4) is 0 Å². The molecule has 4 nitrogen and oxygen atoms in total. The maximum atomic E-state index is 12.1. The number of hydrogen-bond donors (Lipinski definition) is 3. The first kappa shape index (κ1) is 13.8. The van der Waals surface area contributed by atoms with Crippen molar-refractivity contribution < 1.29 is 9.90 Å². The molecule has 1 heterocycles. The lowest BCUT2D eigenvalue weighted by molar-refractivity contribution is -0.126. The molecule has 2 fully saturated rings. The summed E-state index contributed by atoms with van der Waals surface area (Å²) in [6.07, 6.45) is 5.89. The Morgan fingerprint density at radius 1 is 1.33 bits per heavy atom. The lowest BCUT2D eigenvalue weighted by Gasteiger charge is -2.30. The molecule has 4 atom stereocenters. The van der Waals surface area contributed by atoms with Crippen molar-refractivity contribution in [2.45, 2.75) is 57.6 Å². The van der Waals surface area contributed by atoms with E-state index in [1.54, 1.807) is 0 Å². The molecule has 0 aromatic heterocycles. The van der Waals surface area contributed by atoms with Gasteiger partial charge in [0.2, 0.25) is 5.91 Å². The smallest absolute Gasteiger partial charge is 0.223 e. The summed E-state index contributed by atoms with van der Waals surface area (Å²) in [7, 11) is 0. The molecule has 1 saturated heterocycles. The Kier molecular flexibility index (Phi) is 5.01. The van der Waals surface area contributed by atoms with Gasteiger partial charge in [0.1, 0.15) is 0 Å². The van der Waals surface area contributed by atoms with Crippen LogP contribution in [-0.2, 0) is 4.79 Å². The highest BCUT2D eigenvalue weighted by Gasteiger charge is 2.27. The lowest BCUT2D eigenvalue weighted by atomic mass is 9.86. The minimum Gasteiger partial charge on any atom is -0.393 e. The highest BCUT2D eigenvalue weighted by atomic mass is 16.3. The molecule has 1 aliphatic carbocycles. The lowest BCUT2D eigenvalue weighted by Crippen LogP contribution is -2.44. The molecule has 1 amide bonds. The molecule has 18 heavy (non-hydrogen) atoms. The quantitative estimate of drug-likeness (QED) is 0.705. The normalized spacial score (nSPS) is 37.2. The fraction of sp³-hybridized carbons (Fsp3) is 0.929. The van der Waals surface area contributed by atoms with Gasteiger partial charge in [-0.25, -0.2) is 0 Å². The minimum absolute atomic E-state index is 0.155. The summed E-state index contributed by atoms with van der Waals surface area (Å²) in [4.78, 5) is 12.1. The predicted octanol–water partition coefficient (Wildman–Crippen LogP) is 1.04. The van der Waals surface area contributed by atoms with E-state index < -0.39 is 0 Å². The first-order valence-corrected chi connectivity index (χ1v) is 7.36. The van der Waals surface area contributed by atoms with Crippen molar-refractivity contribution in [1.82, 2.24) is 10.6 Å². The first-order chi connectivity index (χ1) is 8.66. The molecule has 3 N–H and O–H groups in total. The average Bonchev–Trinajstić information content (AvgIpc) is 2.37. The van der Waals surface area contributed by atoms with Crippen LogP contribution in [0.1, 0.15) is 45.4 Å². The molecular formula is C14H26N2O2. The molecule has 0 aromatic rings. The maximum Gasteiger partial charge on any atom is 0.223 e. The minimum atomic E-state index is -0.217. The van der Waals surface area contributed by atoms with Gasteiger partial charge in [0.15, 0.2) is 0 Å². The number of aliphatic hydroxyl groups is 1. The van der Waals surface area contributed by atoms with Crippen molar-refractivity contribution in [2.75, 3.05) is 13.1 Å². The van der Waals surface area contributed by atoms with Gasteiger partial charge in [0.05, 0.1) is 6.10 Å². The van der Waals surface area contributed by atoms with Crippen LogP contribution >= 0.6 is 0 Å². The molecule has 2 aliphatic rings. The molecular weight excluding hydrogens is 228 g/mol. The number of carbonyl (C=O) groups excluding carboxylic acids is 1. The Morgan fingerprint density at radius 2 is 2.11 bits per heavy atom. The predicted molar refractivity (Wildman–Crippen MR) is 71.2 cm³/mol. The van der Waals surface area contributed by atoms with Crippen molar-refractivity contribution in [1.29, 1.82) is 0 Å². The van der Waals surface area contributed by atoms with E-state index in [2.05, 4.69) is 17.6 Å². The monoisotopic (exact) mass is 254 g/mol. The van der Waals surface area contributed by atoms with Crippen LogP contribution in [0, 0.1) is 11.8 Å². The molecule has 0 spiro atoms. The number of hydrogen-bond acceptors (Lipinski definition) is 3. The second-order valence-corrected chi connectivity index (χ2v) is 5.93. The summed E-state index contributed by atoms with van der Waals surface area (Å²) in [5.74, 6) is 0.602. The van der Waals surface area contributed by atoms with Crippen LogP contribution in [-0.4, -0.2) is 36.2 Å². The first-order valence-electron chi connectivity index (χ1n) is 7.36. The number of aliphatic hydroxyl groups excluding tert-OH is 1. The van der Waals surface area contributed by atoms with E-state index in [4.69, 9.17) is 0 Å². The van der Waals surface area contributed by atoms with Crippen molar-refractivity contribution in [3.8, 4) is 0 Å². The highest BCUT2D eigenvalue weighted by molar-refractivity contribution is 5.78. The van der Waals surface area contributed by atoms with Crippen LogP contribution < -0.4 is 10.6 Å². The number of piperidine rings is 1. The van der Waals surface area contributed by atoms with E-state index in [0.29, 0.717) is 12.6 Å². The molecule has 2 rings (SSSR count). The third-order valence-electron chi connectivity index (χ3n) is 4.40. The summed E-state index contributed by atoms with van der Waals surface area (Å²) < 4.78 is 0. The number of amides is 1. The Labute approximate surface area is 110 Å². The SMILES string of the molecule is CC1CC(C(=O)NCC2CCCCC2O)CCN1. The molecule has 1 saturated carbocycles. The molecule has 104 valence electrons. The summed E-state index contributed by atoms with van der Waals surface area (Å²) in [6, 6.07) is 0.440. The van der Waals surface area contributed by atoms with Gasteiger partial charge < -0.3 is 15.7 Å². The van der Waals surface area contributed by atoms with E-state index in [-0.39, 0.29) is 23.8 Å². The fourth-order valence-electron chi connectivity index (χ4n) is 3.17. The second kappa shape index (κ2) is 6.53. The molecule has 4 unspecified atom stereocenters. The van der Waals surface area contributed by atoms with Gasteiger partial charge in [-0.15, -0.1) is 0 Å². The van der Waals surface area contributed by atoms with Gasteiger partial charge in [0, 0.05) is 24.4 Å². The van der Waals surface area contributed by atoms with Crippen LogP contribution in [0.4, 0.5) is 0 Å². The summed E-state index contributed by atoms with van der Waals surface area (Å²) in [5.41, 5.74) is 0. The van der Waals surface area contributed by atoms with Crippen molar-refractivity contribution in [3.05, 3.63) is 0 Å². The van der Waals surface area contributed by atoms with Crippen molar-refractivity contribution in [3.63, 3.8) is 0 Å². The van der Waals surface area contributed by atoms with Crippen molar-refractivity contribution in [2.24, 2.45) is 11.8 Å². The van der Waals surface area contributed by atoms with Gasteiger partial charge in [-0.2, -0.15) is 0 Å². The third kappa shape index (κ3) is 3.69. The van der Waals surface area contributed by atoms with Crippen LogP contribution in [0.25, 0.3) is 0 Å². The Morgan fingerprint density at radius 3 is 2.83 bits per heavy atom. The van der Waals surface area contributed by atoms with Crippen molar-refractivity contribution >= 4 is 5.91 Å². The molecule has 0 radical (unpaired) electrons. The summed E-state index contributed by atoms with van der Waals surface area (Å²) in [6.45, 7) is 3.72. The largest absolute Gasteiger partial charge is 0.393 e. The Hall–Kier alpha value is -0.610. The zero-order valence-electron chi connectivity index (χ0n) is 11.3. The zero-order chi connectivity index (χ0) is 13.0.